The van der Waals surface area contributed by atoms with Crippen molar-refractivity contribution < 1.29 is 8.42 Å². The third-order valence-electron chi connectivity index (χ3n) is 3.26. The number of hydrogen-bond acceptors (Lipinski definition) is 4. The first-order valence-corrected chi connectivity index (χ1v) is 9.03. The highest BCUT2D eigenvalue weighted by Gasteiger charge is 2.49. The van der Waals surface area contributed by atoms with E-state index in [0.717, 1.165) is 0 Å². The van der Waals surface area contributed by atoms with Crippen molar-refractivity contribution in [3.05, 3.63) is 28.2 Å². The van der Waals surface area contributed by atoms with Gasteiger partial charge < -0.3 is 4.90 Å². The van der Waals surface area contributed by atoms with Crippen LogP contribution < -0.4 is 4.90 Å². The fourth-order valence-corrected chi connectivity index (χ4v) is 6.85. The molecule has 2 unspecified atom stereocenters. The fraction of sp³-hybridized carbons (Fsp3) is 0.364. The number of fused-ring (bicyclic) bond motifs is 1. The predicted molar refractivity (Wildman–Crippen MR) is 80.5 cm³/mol. The number of benzene rings is 1. The summed E-state index contributed by atoms with van der Waals surface area (Å²) in [7, 11) is -3.04. The van der Waals surface area contributed by atoms with E-state index in [0.29, 0.717) is 20.9 Å². The normalized spacial score (nSPS) is 28.7. The molecule has 102 valence electrons. The average Bonchev–Trinajstić information content (AvgIpc) is 2.71. The molecule has 0 saturated carbocycles. The molecule has 19 heavy (non-hydrogen) atoms. The maximum absolute atomic E-state index is 11.7. The topological polar surface area (TPSA) is 61.2 Å². The van der Waals surface area contributed by atoms with Gasteiger partial charge >= 0.3 is 0 Å². The number of anilines is 1. The molecule has 0 amide bonds. The van der Waals surface area contributed by atoms with Crippen molar-refractivity contribution in [3.8, 4) is 0 Å². The van der Waals surface area contributed by atoms with E-state index < -0.39 is 9.84 Å². The Bertz CT molecular complexity index is 642. The number of para-hydroxylation sites is 1. The predicted octanol–water partition coefficient (Wildman–Crippen LogP) is 2.65. The third-order valence-corrected chi connectivity index (χ3v) is 7.00. The number of hydrogen-bond donors (Lipinski definition) is 1. The second-order valence-electron chi connectivity index (χ2n) is 4.55. The quantitative estimate of drug-likeness (QED) is 0.856. The van der Waals surface area contributed by atoms with E-state index in [1.165, 1.54) is 11.8 Å². The molecule has 8 heteroatoms. The highest BCUT2D eigenvalue weighted by molar-refractivity contribution is 8.15. The van der Waals surface area contributed by atoms with Crippen LogP contribution in [0.4, 0.5) is 5.69 Å². The van der Waals surface area contributed by atoms with Crippen LogP contribution in [0.15, 0.2) is 18.2 Å². The Kier molecular flexibility index (Phi) is 3.24. The van der Waals surface area contributed by atoms with Crippen LogP contribution in [0, 0.1) is 5.41 Å². The van der Waals surface area contributed by atoms with E-state index in [-0.39, 0.29) is 22.8 Å². The van der Waals surface area contributed by atoms with Gasteiger partial charge in [0.15, 0.2) is 15.0 Å². The number of nitrogens with one attached hydrogen (secondary N) is 1. The van der Waals surface area contributed by atoms with Crippen LogP contribution in [0.3, 0.4) is 0 Å². The maximum atomic E-state index is 11.7. The lowest BCUT2D eigenvalue weighted by Gasteiger charge is -2.25. The summed E-state index contributed by atoms with van der Waals surface area (Å²) in [5, 5.41) is 9.11. The maximum Gasteiger partial charge on any atom is 0.161 e. The Hall–Kier alpha value is -0.430. The molecule has 2 aliphatic heterocycles. The number of sulfone groups is 1. The number of rotatable bonds is 1. The second-order valence-corrected chi connectivity index (χ2v) is 8.74. The minimum Gasteiger partial charge on any atom is -0.313 e. The summed E-state index contributed by atoms with van der Waals surface area (Å²) >= 11 is 13.6. The van der Waals surface area contributed by atoms with Gasteiger partial charge in [0.1, 0.15) is 0 Å². The van der Waals surface area contributed by atoms with Crippen molar-refractivity contribution in [1.29, 1.82) is 5.41 Å². The fourth-order valence-electron chi connectivity index (χ4n) is 2.49. The highest BCUT2D eigenvalue weighted by atomic mass is 35.5. The summed E-state index contributed by atoms with van der Waals surface area (Å²) in [6.07, 6.45) is 0. The summed E-state index contributed by atoms with van der Waals surface area (Å²) in [5.74, 6) is 0.165. The van der Waals surface area contributed by atoms with Crippen molar-refractivity contribution in [2.75, 3.05) is 16.4 Å². The summed E-state index contributed by atoms with van der Waals surface area (Å²) in [6, 6.07) is 4.86. The number of amidine groups is 1. The standard InChI is InChI=1S/C11H10Cl2N2O2S2/c12-6-2-1-3-7(13)10(6)15-8-4-19(16,17)5-9(8)18-11(15)14/h1-3,8-9,14H,4-5H2. The van der Waals surface area contributed by atoms with Crippen molar-refractivity contribution >= 4 is 55.7 Å². The second kappa shape index (κ2) is 4.55. The number of nitrogens with zero attached hydrogens (tertiary/aromatic N) is 1. The van der Waals surface area contributed by atoms with Gasteiger partial charge in [0.2, 0.25) is 0 Å². The van der Waals surface area contributed by atoms with Crippen LogP contribution in [0.2, 0.25) is 10.0 Å². The Balaban J connectivity index is 2.07. The zero-order valence-electron chi connectivity index (χ0n) is 9.64. The van der Waals surface area contributed by atoms with Crippen LogP contribution >= 0.6 is 35.0 Å². The molecule has 2 aliphatic rings. The molecule has 3 rings (SSSR count). The van der Waals surface area contributed by atoms with E-state index in [4.69, 9.17) is 28.6 Å². The zero-order chi connectivity index (χ0) is 13.8. The Morgan fingerprint density at radius 3 is 2.53 bits per heavy atom. The summed E-state index contributed by atoms with van der Waals surface area (Å²) < 4.78 is 23.4. The minimum absolute atomic E-state index is 0.0502. The summed E-state index contributed by atoms with van der Waals surface area (Å²) in [4.78, 5) is 1.66. The van der Waals surface area contributed by atoms with E-state index in [1.807, 2.05) is 0 Å². The van der Waals surface area contributed by atoms with Gasteiger partial charge in [0.05, 0.1) is 33.3 Å². The first-order chi connectivity index (χ1) is 8.89. The molecule has 2 atom stereocenters. The zero-order valence-corrected chi connectivity index (χ0v) is 12.8. The van der Waals surface area contributed by atoms with E-state index in [9.17, 15) is 8.42 Å². The minimum atomic E-state index is -3.04. The van der Waals surface area contributed by atoms with Crippen molar-refractivity contribution in [3.63, 3.8) is 0 Å². The van der Waals surface area contributed by atoms with Crippen molar-refractivity contribution in [2.24, 2.45) is 0 Å². The lowest BCUT2D eigenvalue weighted by atomic mass is 10.2. The lowest BCUT2D eigenvalue weighted by molar-refractivity contribution is 0.601. The SMILES string of the molecule is N=C1SC2CS(=O)(=O)CC2N1c1c(Cl)cccc1Cl. The van der Waals surface area contributed by atoms with Gasteiger partial charge in [-0.05, 0) is 12.1 Å². The molecule has 0 spiro atoms. The Labute approximate surface area is 125 Å². The van der Waals surface area contributed by atoms with Crippen LogP contribution in [-0.4, -0.2) is 36.4 Å². The van der Waals surface area contributed by atoms with Gasteiger partial charge in [-0.2, -0.15) is 0 Å². The highest BCUT2D eigenvalue weighted by Crippen LogP contribution is 2.44. The molecule has 2 fully saturated rings. The van der Waals surface area contributed by atoms with Gasteiger partial charge in [-0.3, -0.25) is 5.41 Å². The van der Waals surface area contributed by atoms with E-state index in [2.05, 4.69) is 0 Å². The molecule has 0 aromatic heterocycles. The number of thioether (sulfide) groups is 1. The molecular formula is C11H10Cl2N2O2S2. The van der Waals surface area contributed by atoms with Gasteiger partial charge in [-0.1, -0.05) is 41.0 Å². The molecule has 0 aliphatic carbocycles. The molecule has 0 radical (unpaired) electrons. The van der Waals surface area contributed by atoms with Gasteiger partial charge in [-0.15, -0.1) is 0 Å². The number of halogens is 2. The molecule has 1 N–H and O–H groups in total. The van der Waals surface area contributed by atoms with Crippen molar-refractivity contribution in [1.82, 2.24) is 0 Å². The first-order valence-electron chi connectivity index (χ1n) is 5.58. The molecule has 1 aromatic rings. The molecule has 0 bridgehead atoms. The van der Waals surface area contributed by atoms with Crippen molar-refractivity contribution in [2.45, 2.75) is 11.3 Å². The summed E-state index contributed by atoms with van der Waals surface area (Å²) in [5.41, 5.74) is 0.535. The first kappa shape index (κ1) is 13.5. The van der Waals surface area contributed by atoms with E-state index in [1.54, 1.807) is 23.1 Å². The van der Waals surface area contributed by atoms with Gasteiger partial charge in [0, 0.05) is 5.25 Å². The smallest absolute Gasteiger partial charge is 0.161 e. The van der Waals surface area contributed by atoms with Crippen LogP contribution in [0.25, 0.3) is 0 Å². The Morgan fingerprint density at radius 1 is 1.26 bits per heavy atom. The van der Waals surface area contributed by atoms with Crippen LogP contribution in [0.5, 0.6) is 0 Å². The molecule has 2 saturated heterocycles. The van der Waals surface area contributed by atoms with Gasteiger partial charge in [0.25, 0.3) is 0 Å². The molecule has 4 nitrogen and oxygen atoms in total. The third kappa shape index (κ3) is 2.24. The Morgan fingerprint density at radius 2 is 1.89 bits per heavy atom. The molecular weight excluding hydrogens is 327 g/mol. The average molecular weight is 337 g/mol. The largest absolute Gasteiger partial charge is 0.313 e. The van der Waals surface area contributed by atoms with E-state index >= 15 is 0 Å². The van der Waals surface area contributed by atoms with Crippen LogP contribution in [0.1, 0.15) is 0 Å². The lowest BCUT2D eigenvalue weighted by Crippen LogP contribution is -2.37. The van der Waals surface area contributed by atoms with Crippen LogP contribution in [-0.2, 0) is 9.84 Å². The van der Waals surface area contributed by atoms with Gasteiger partial charge in [-0.25, -0.2) is 8.42 Å². The monoisotopic (exact) mass is 336 g/mol. The summed E-state index contributed by atoms with van der Waals surface area (Å²) in [6.45, 7) is 0. The molecule has 2 heterocycles. The molecule has 1 aromatic carbocycles.